The van der Waals surface area contributed by atoms with Crippen LogP contribution in [-0.2, 0) is 5.54 Å². The number of aryl methyl sites for hydroxylation is 1. The lowest BCUT2D eigenvalue weighted by molar-refractivity contribution is 0.273. The minimum atomic E-state index is -0.492. The van der Waals surface area contributed by atoms with Gasteiger partial charge in [0.1, 0.15) is 0 Å². The highest BCUT2D eigenvalue weighted by Gasteiger charge is 2.43. The van der Waals surface area contributed by atoms with E-state index in [9.17, 15) is 0 Å². The van der Waals surface area contributed by atoms with Crippen molar-refractivity contribution in [1.29, 1.82) is 0 Å². The van der Waals surface area contributed by atoms with Crippen molar-refractivity contribution in [3.63, 3.8) is 0 Å². The maximum absolute atomic E-state index is 6.28. The molecule has 1 fully saturated rings. The van der Waals surface area contributed by atoms with E-state index < -0.39 is 5.54 Å². The molecule has 3 rings (SSSR count). The van der Waals surface area contributed by atoms with Gasteiger partial charge in [-0.15, -0.1) is 0 Å². The summed E-state index contributed by atoms with van der Waals surface area (Å²) >= 11 is 0. The molecule has 0 saturated heterocycles. The Morgan fingerprint density at radius 1 is 1.33 bits per heavy atom. The predicted octanol–water partition coefficient (Wildman–Crippen LogP) is 2.63. The molecule has 1 saturated carbocycles. The number of nitrogens with two attached hydrogens (primary N) is 1. The third-order valence-corrected chi connectivity index (χ3v) is 3.70. The van der Waals surface area contributed by atoms with Crippen LogP contribution in [0.2, 0.25) is 0 Å². The molecule has 0 bridgehead atoms. The summed E-state index contributed by atoms with van der Waals surface area (Å²) in [4.78, 5) is 4.47. The number of nitrogens with zero attached hydrogens (tertiary/aromatic N) is 2. The largest absolute Gasteiger partial charge is 0.337 e. The fourth-order valence-electron chi connectivity index (χ4n) is 2.23. The van der Waals surface area contributed by atoms with Gasteiger partial charge >= 0.3 is 0 Å². The average Bonchev–Trinajstić information content (AvgIpc) is 3.09. The van der Waals surface area contributed by atoms with Crippen molar-refractivity contribution in [2.45, 2.75) is 32.2 Å². The summed E-state index contributed by atoms with van der Waals surface area (Å²) in [7, 11) is 0. The Morgan fingerprint density at radius 2 is 2.06 bits per heavy atom. The van der Waals surface area contributed by atoms with E-state index in [0.717, 1.165) is 24.0 Å². The monoisotopic (exact) mass is 243 g/mol. The molecule has 2 N–H and O–H groups in total. The van der Waals surface area contributed by atoms with Crippen LogP contribution in [0.3, 0.4) is 0 Å². The molecule has 0 amide bonds. The van der Waals surface area contributed by atoms with Crippen molar-refractivity contribution in [1.82, 2.24) is 10.1 Å². The van der Waals surface area contributed by atoms with Crippen LogP contribution >= 0.6 is 0 Å². The van der Waals surface area contributed by atoms with Gasteiger partial charge in [-0.1, -0.05) is 29.4 Å². The summed E-state index contributed by atoms with van der Waals surface area (Å²) in [6.45, 7) is 4.01. The Labute approximate surface area is 106 Å². The Balaban J connectivity index is 1.97. The van der Waals surface area contributed by atoms with E-state index in [0.29, 0.717) is 17.6 Å². The summed E-state index contributed by atoms with van der Waals surface area (Å²) in [6.07, 6.45) is 2.30. The summed E-state index contributed by atoms with van der Waals surface area (Å²) in [5.41, 5.74) is 7.92. The van der Waals surface area contributed by atoms with Crippen molar-refractivity contribution in [2.24, 2.45) is 11.7 Å². The third kappa shape index (κ3) is 1.82. The van der Waals surface area contributed by atoms with E-state index in [1.165, 1.54) is 0 Å². The Kier molecular flexibility index (Phi) is 2.48. The second-order valence-corrected chi connectivity index (χ2v) is 5.30. The number of benzene rings is 1. The fourth-order valence-corrected chi connectivity index (χ4v) is 2.23. The fraction of sp³-hybridized carbons (Fsp3) is 0.429. The van der Waals surface area contributed by atoms with Gasteiger partial charge < -0.3 is 10.3 Å². The van der Waals surface area contributed by atoms with Crippen molar-refractivity contribution in [3.05, 3.63) is 35.7 Å². The number of rotatable bonds is 3. The van der Waals surface area contributed by atoms with Crippen LogP contribution in [0.5, 0.6) is 0 Å². The molecule has 2 aromatic rings. The Hall–Kier alpha value is -1.68. The summed E-state index contributed by atoms with van der Waals surface area (Å²) in [5.74, 6) is 1.64. The molecule has 1 aliphatic rings. The molecule has 4 heteroatoms. The van der Waals surface area contributed by atoms with Gasteiger partial charge in [-0.05, 0) is 38.2 Å². The summed E-state index contributed by atoms with van der Waals surface area (Å²) < 4.78 is 5.35. The Bertz CT molecular complexity index is 570. The second-order valence-electron chi connectivity index (χ2n) is 5.30. The summed E-state index contributed by atoms with van der Waals surface area (Å²) in [6, 6.07) is 8.00. The molecule has 1 aromatic carbocycles. The van der Waals surface area contributed by atoms with Gasteiger partial charge in [0.05, 0.1) is 5.54 Å². The standard InChI is InChI=1S/C14H17N3O/c1-9-5-3-4-6-11(9)12-16-13(18-17-12)14(2,15)10-7-8-10/h3-6,10H,7-8,15H2,1-2H3. The zero-order chi connectivity index (χ0) is 12.8. The van der Waals surface area contributed by atoms with E-state index in [1.807, 2.05) is 38.1 Å². The topological polar surface area (TPSA) is 64.9 Å². The lowest BCUT2D eigenvalue weighted by atomic mass is 9.97. The molecule has 0 aliphatic heterocycles. The molecule has 0 spiro atoms. The zero-order valence-electron chi connectivity index (χ0n) is 10.7. The molecule has 1 atom stereocenters. The zero-order valence-corrected chi connectivity index (χ0v) is 10.7. The lowest BCUT2D eigenvalue weighted by Gasteiger charge is -2.18. The average molecular weight is 243 g/mol. The minimum Gasteiger partial charge on any atom is -0.337 e. The van der Waals surface area contributed by atoms with Crippen LogP contribution in [0, 0.1) is 12.8 Å². The molecule has 1 heterocycles. The van der Waals surface area contributed by atoms with Gasteiger partial charge in [0.15, 0.2) is 0 Å². The van der Waals surface area contributed by atoms with Gasteiger partial charge in [0, 0.05) is 5.56 Å². The third-order valence-electron chi connectivity index (χ3n) is 3.70. The highest BCUT2D eigenvalue weighted by molar-refractivity contribution is 5.59. The van der Waals surface area contributed by atoms with E-state index in [1.54, 1.807) is 0 Å². The molecule has 0 radical (unpaired) electrons. The molecule has 1 aromatic heterocycles. The first kappa shape index (κ1) is 11.4. The molecular weight excluding hydrogens is 226 g/mol. The van der Waals surface area contributed by atoms with Crippen LogP contribution in [0.15, 0.2) is 28.8 Å². The van der Waals surface area contributed by atoms with Gasteiger partial charge in [0.25, 0.3) is 0 Å². The van der Waals surface area contributed by atoms with Crippen LogP contribution < -0.4 is 5.73 Å². The van der Waals surface area contributed by atoms with Gasteiger partial charge in [-0.3, -0.25) is 0 Å². The van der Waals surface area contributed by atoms with E-state index in [2.05, 4.69) is 10.1 Å². The van der Waals surface area contributed by atoms with Crippen molar-refractivity contribution in [3.8, 4) is 11.4 Å². The minimum absolute atomic E-state index is 0.475. The molecule has 1 aliphatic carbocycles. The van der Waals surface area contributed by atoms with Gasteiger partial charge in [0.2, 0.25) is 11.7 Å². The normalized spacial score (nSPS) is 18.6. The molecule has 94 valence electrons. The van der Waals surface area contributed by atoms with E-state index in [-0.39, 0.29) is 0 Å². The molecule has 1 unspecified atom stereocenters. The highest BCUT2D eigenvalue weighted by atomic mass is 16.5. The van der Waals surface area contributed by atoms with Crippen LogP contribution in [0.1, 0.15) is 31.2 Å². The smallest absolute Gasteiger partial charge is 0.247 e. The van der Waals surface area contributed by atoms with E-state index in [4.69, 9.17) is 10.3 Å². The maximum Gasteiger partial charge on any atom is 0.247 e. The quantitative estimate of drug-likeness (QED) is 0.900. The molecule has 18 heavy (non-hydrogen) atoms. The van der Waals surface area contributed by atoms with Crippen molar-refractivity contribution < 1.29 is 4.52 Å². The van der Waals surface area contributed by atoms with Crippen molar-refractivity contribution in [2.75, 3.05) is 0 Å². The molecular formula is C14H17N3O. The van der Waals surface area contributed by atoms with Crippen LogP contribution in [0.25, 0.3) is 11.4 Å². The number of hydrogen-bond acceptors (Lipinski definition) is 4. The second kappa shape index (κ2) is 3.92. The number of aromatic nitrogens is 2. The van der Waals surface area contributed by atoms with E-state index >= 15 is 0 Å². The first-order valence-electron chi connectivity index (χ1n) is 6.28. The van der Waals surface area contributed by atoms with Gasteiger partial charge in [-0.2, -0.15) is 4.98 Å². The SMILES string of the molecule is Cc1ccccc1-c1noc(C(C)(N)C2CC2)n1. The first-order chi connectivity index (χ1) is 8.59. The van der Waals surface area contributed by atoms with Gasteiger partial charge in [-0.25, -0.2) is 0 Å². The van der Waals surface area contributed by atoms with Crippen molar-refractivity contribution >= 4 is 0 Å². The maximum atomic E-state index is 6.28. The highest BCUT2D eigenvalue weighted by Crippen LogP contribution is 2.43. The Morgan fingerprint density at radius 3 is 2.72 bits per heavy atom. The first-order valence-corrected chi connectivity index (χ1v) is 6.28. The predicted molar refractivity (Wildman–Crippen MR) is 68.7 cm³/mol. The molecule has 4 nitrogen and oxygen atoms in total. The van der Waals surface area contributed by atoms with Crippen LogP contribution in [0.4, 0.5) is 0 Å². The van der Waals surface area contributed by atoms with Crippen LogP contribution in [-0.4, -0.2) is 10.1 Å². The summed E-state index contributed by atoms with van der Waals surface area (Å²) in [5, 5.41) is 4.06. The number of hydrogen-bond donors (Lipinski definition) is 1. The lowest BCUT2D eigenvalue weighted by Crippen LogP contribution is -2.35.